The van der Waals surface area contributed by atoms with Crippen molar-refractivity contribution in [3.05, 3.63) is 41.2 Å². The highest BCUT2D eigenvalue weighted by atomic mass is 16.4. The first-order valence-electron chi connectivity index (χ1n) is 8.08. The third-order valence-electron chi connectivity index (χ3n) is 5.18. The Morgan fingerprint density at radius 2 is 1.91 bits per heavy atom. The maximum absolute atomic E-state index is 12.7. The van der Waals surface area contributed by atoms with Crippen LogP contribution in [-0.4, -0.2) is 22.0 Å². The molecule has 122 valence electrons. The van der Waals surface area contributed by atoms with Crippen LogP contribution in [0.3, 0.4) is 0 Å². The summed E-state index contributed by atoms with van der Waals surface area (Å²) in [7, 11) is 0. The predicted molar refractivity (Wildman–Crippen MR) is 85.3 cm³/mol. The third-order valence-corrected chi connectivity index (χ3v) is 5.18. The lowest BCUT2D eigenvalue weighted by molar-refractivity contribution is -0.149. The van der Waals surface area contributed by atoms with Gasteiger partial charge in [-0.05, 0) is 50.7 Å². The number of nitrogens with zero attached hydrogens (tertiary/aromatic N) is 1. The van der Waals surface area contributed by atoms with Gasteiger partial charge in [0.05, 0.1) is 24.1 Å². The average molecular weight is 314 g/mol. The molecule has 5 nitrogen and oxygen atoms in total. The van der Waals surface area contributed by atoms with Crippen LogP contribution in [0.4, 0.5) is 0 Å². The van der Waals surface area contributed by atoms with Crippen LogP contribution in [-0.2, 0) is 16.1 Å². The minimum atomic E-state index is -0.853. The Morgan fingerprint density at radius 3 is 2.48 bits per heavy atom. The average Bonchev–Trinajstić information content (AvgIpc) is 3.09. The van der Waals surface area contributed by atoms with Crippen molar-refractivity contribution in [2.24, 2.45) is 23.7 Å². The van der Waals surface area contributed by atoms with Gasteiger partial charge in [0.1, 0.15) is 0 Å². The van der Waals surface area contributed by atoms with E-state index in [2.05, 4.69) is 10.3 Å². The van der Waals surface area contributed by atoms with Crippen LogP contribution in [0.1, 0.15) is 32.4 Å². The number of rotatable bonds is 4. The second-order valence-corrected chi connectivity index (χ2v) is 6.67. The number of carbonyl (C=O) groups is 2. The topological polar surface area (TPSA) is 79.3 Å². The van der Waals surface area contributed by atoms with Crippen molar-refractivity contribution in [1.29, 1.82) is 0 Å². The Hall–Kier alpha value is -2.17. The number of aromatic nitrogens is 1. The summed E-state index contributed by atoms with van der Waals surface area (Å²) >= 11 is 0. The zero-order valence-electron chi connectivity index (χ0n) is 13.5. The van der Waals surface area contributed by atoms with Gasteiger partial charge in [0.15, 0.2) is 0 Å². The molecule has 3 rings (SSSR count). The number of amides is 1. The molecule has 2 N–H and O–H groups in total. The van der Waals surface area contributed by atoms with Gasteiger partial charge < -0.3 is 10.4 Å². The van der Waals surface area contributed by atoms with E-state index in [-0.39, 0.29) is 17.7 Å². The van der Waals surface area contributed by atoms with Gasteiger partial charge in [-0.2, -0.15) is 0 Å². The molecule has 0 aromatic carbocycles. The summed E-state index contributed by atoms with van der Waals surface area (Å²) in [6.07, 6.45) is 3.48. The van der Waals surface area contributed by atoms with Crippen molar-refractivity contribution < 1.29 is 14.7 Å². The molecule has 0 spiro atoms. The lowest BCUT2D eigenvalue weighted by Crippen LogP contribution is -2.41. The Bertz CT molecular complexity index is 649. The van der Waals surface area contributed by atoms with Crippen molar-refractivity contribution in [2.75, 3.05) is 0 Å². The van der Waals surface area contributed by atoms with Crippen LogP contribution < -0.4 is 5.32 Å². The number of nitrogens with one attached hydrogen (secondary N) is 1. The van der Waals surface area contributed by atoms with Gasteiger partial charge >= 0.3 is 5.97 Å². The van der Waals surface area contributed by atoms with Crippen LogP contribution in [0.5, 0.6) is 0 Å². The molecular weight excluding hydrogens is 292 g/mol. The van der Waals surface area contributed by atoms with Gasteiger partial charge in [-0.15, -0.1) is 0 Å². The number of allylic oxidation sites excluding steroid dienone is 2. The zero-order chi connectivity index (χ0) is 16.6. The highest BCUT2D eigenvalue weighted by molar-refractivity contribution is 5.87. The quantitative estimate of drug-likeness (QED) is 0.836. The lowest BCUT2D eigenvalue weighted by Gasteiger charge is -2.26. The molecule has 0 radical (unpaired) electrons. The first-order valence-corrected chi connectivity index (χ1v) is 8.08. The maximum atomic E-state index is 12.7. The Kier molecular flexibility index (Phi) is 4.20. The van der Waals surface area contributed by atoms with Crippen molar-refractivity contribution in [1.82, 2.24) is 10.3 Å². The van der Waals surface area contributed by atoms with Crippen molar-refractivity contribution in [2.45, 2.75) is 33.2 Å². The van der Waals surface area contributed by atoms with Crippen LogP contribution in [0, 0.1) is 23.7 Å². The molecule has 2 aliphatic carbocycles. The van der Waals surface area contributed by atoms with E-state index in [1.54, 1.807) is 6.20 Å². The zero-order valence-corrected chi connectivity index (χ0v) is 13.5. The largest absolute Gasteiger partial charge is 0.481 e. The van der Waals surface area contributed by atoms with Gasteiger partial charge in [-0.1, -0.05) is 17.2 Å². The number of aliphatic carboxylic acids is 1. The summed E-state index contributed by atoms with van der Waals surface area (Å²) in [6.45, 7) is 4.38. The van der Waals surface area contributed by atoms with Gasteiger partial charge in [0.25, 0.3) is 0 Å². The first-order chi connectivity index (χ1) is 11.0. The van der Waals surface area contributed by atoms with E-state index in [9.17, 15) is 14.7 Å². The standard InChI is InChI=1S/C18H22N2O3/c1-10(2)14-12-6-7-13(14)16(18(22)23)15(12)17(21)20-9-11-5-3-4-8-19-11/h3-5,8,12-13,15-16H,6-7,9H2,1-2H3,(H,20,21)(H,22,23)/t12-,13-,15-,16+/m1/s1. The van der Waals surface area contributed by atoms with E-state index in [4.69, 9.17) is 0 Å². The summed E-state index contributed by atoms with van der Waals surface area (Å²) in [5.74, 6) is -1.96. The molecule has 2 bridgehead atoms. The molecule has 1 heterocycles. The monoisotopic (exact) mass is 314 g/mol. The fourth-order valence-electron chi connectivity index (χ4n) is 4.40. The summed E-state index contributed by atoms with van der Waals surface area (Å²) in [4.78, 5) is 28.6. The number of hydrogen-bond donors (Lipinski definition) is 2. The van der Waals surface area contributed by atoms with E-state index in [1.807, 2.05) is 32.0 Å². The molecule has 1 amide bonds. The number of carboxylic acids is 1. The summed E-state index contributed by atoms with van der Waals surface area (Å²) < 4.78 is 0. The van der Waals surface area contributed by atoms with E-state index in [0.29, 0.717) is 6.54 Å². The van der Waals surface area contributed by atoms with Gasteiger partial charge in [0.2, 0.25) is 5.91 Å². The van der Waals surface area contributed by atoms with Crippen LogP contribution >= 0.6 is 0 Å². The minimum absolute atomic E-state index is 0.0214. The molecule has 2 saturated carbocycles. The molecule has 0 aliphatic heterocycles. The SMILES string of the molecule is CC(C)=C1[C@H]2CC[C@H]1[C@@H](C(=O)NCc1ccccn1)[C@H]2C(=O)O. The number of hydrogen-bond acceptors (Lipinski definition) is 3. The number of carboxylic acid groups (broad SMARTS) is 1. The van der Waals surface area contributed by atoms with E-state index in [1.165, 1.54) is 11.1 Å². The van der Waals surface area contributed by atoms with Crippen LogP contribution in [0.25, 0.3) is 0 Å². The molecule has 1 aromatic heterocycles. The molecular formula is C18H22N2O3. The van der Waals surface area contributed by atoms with Crippen molar-refractivity contribution in [3.8, 4) is 0 Å². The van der Waals surface area contributed by atoms with Crippen molar-refractivity contribution >= 4 is 11.9 Å². The minimum Gasteiger partial charge on any atom is -0.481 e. The molecule has 2 aliphatic rings. The highest BCUT2D eigenvalue weighted by Gasteiger charge is 2.57. The number of pyridine rings is 1. The predicted octanol–water partition coefficient (Wildman–Crippen LogP) is 2.39. The highest BCUT2D eigenvalue weighted by Crippen LogP contribution is 2.57. The molecule has 23 heavy (non-hydrogen) atoms. The number of fused-ring (bicyclic) bond motifs is 2. The summed E-state index contributed by atoms with van der Waals surface area (Å²) in [5, 5.41) is 12.5. The Morgan fingerprint density at radius 1 is 1.22 bits per heavy atom. The molecule has 0 unspecified atom stereocenters. The molecule has 5 heteroatoms. The fourth-order valence-corrected chi connectivity index (χ4v) is 4.40. The smallest absolute Gasteiger partial charge is 0.307 e. The fraction of sp³-hybridized carbons (Fsp3) is 0.500. The van der Waals surface area contributed by atoms with Gasteiger partial charge in [0, 0.05) is 6.20 Å². The van der Waals surface area contributed by atoms with Gasteiger partial charge in [-0.3, -0.25) is 14.6 Å². The Balaban J connectivity index is 1.79. The second-order valence-electron chi connectivity index (χ2n) is 6.67. The molecule has 0 saturated heterocycles. The first kappa shape index (κ1) is 15.7. The number of carbonyl (C=O) groups excluding carboxylic acids is 1. The summed E-state index contributed by atoms with van der Waals surface area (Å²) in [6, 6.07) is 5.54. The molecule has 2 fully saturated rings. The normalized spacial score (nSPS) is 28.7. The van der Waals surface area contributed by atoms with E-state index in [0.717, 1.165) is 18.5 Å². The molecule has 1 aromatic rings. The third kappa shape index (κ3) is 2.76. The van der Waals surface area contributed by atoms with E-state index >= 15 is 0 Å². The maximum Gasteiger partial charge on any atom is 0.307 e. The van der Waals surface area contributed by atoms with Crippen LogP contribution in [0.2, 0.25) is 0 Å². The van der Waals surface area contributed by atoms with E-state index < -0.39 is 17.8 Å². The summed E-state index contributed by atoms with van der Waals surface area (Å²) in [5.41, 5.74) is 3.15. The molecule has 4 atom stereocenters. The van der Waals surface area contributed by atoms with Gasteiger partial charge in [-0.25, -0.2) is 0 Å². The van der Waals surface area contributed by atoms with Crippen LogP contribution in [0.15, 0.2) is 35.5 Å². The van der Waals surface area contributed by atoms with Crippen molar-refractivity contribution in [3.63, 3.8) is 0 Å². The Labute approximate surface area is 135 Å². The lowest BCUT2D eigenvalue weighted by atomic mass is 9.78. The second kappa shape index (κ2) is 6.14.